The number of hydrogen-bond donors (Lipinski definition) is 0. The molecule has 2 heteroatoms. The van der Waals surface area contributed by atoms with Crippen LogP contribution in [0.1, 0.15) is 99.3 Å². The number of carbonyl (C=O) groups is 2. The molecule has 33 heavy (non-hydrogen) atoms. The van der Waals surface area contributed by atoms with Crippen molar-refractivity contribution in [2.75, 3.05) is 0 Å². The number of Topliss-reactive ketones (excluding diaryl/α,β-unsaturated/α-hetero) is 1. The van der Waals surface area contributed by atoms with Gasteiger partial charge in [-0.05, 0) is 116 Å². The Hall–Kier alpha value is -1.18. The van der Waals surface area contributed by atoms with Gasteiger partial charge in [-0.3, -0.25) is 4.79 Å². The molecule has 0 radical (unpaired) electrons. The van der Waals surface area contributed by atoms with Gasteiger partial charge < -0.3 is 4.79 Å². The summed E-state index contributed by atoms with van der Waals surface area (Å²) in [4.78, 5) is 25.7. The van der Waals surface area contributed by atoms with Crippen molar-refractivity contribution in [3.05, 3.63) is 24.3 Å². The third-order valence-electron chi connectivity index (χ3n) is 13.0. The van der Waals surface area contributed by atoms with E-state index in [1.165, 1.54) is 37.5 Å². The molecule has 0 unspecified atom stereocenters. The van der Waals surface area contributed by atoms with Crippen molar-refractivity contribution in [3.63, 3.8) is 0 Å². The molecule has 0 spiro atoms. The zero-order valence-electron chi connectivity index (χ0n) is 22.1. The summed E-state index contributed by atoms with van der Waals surface area (Å²) >= 11 is 0. The smallest absolute Gasteiger partial charge is 0.164 e. The zero-order chi connectivity index (χ0) is 24.2. The lowest BCUT2D eigenvalue weighted by molar-refractivity contribution is -0.227. The topological polar surface area (TPSA) is 34.1 Å². The number of fused-ring (bicyclic) bond motifs is 7. The predicted octanol–water partition coefficient (Wildman–Crippen LogP) is 7.58. The molecule has 5 fully saturated rings. The first-order chi connectivity index (χ1) is 15.3. The van der Waals surface area contributed by atoms with Crippen molar-refractivity contribution in [1.82, 2.24) is 0 Å². The molecule has 0 aromatic heterocycles. The zero-order valence-corrected chi connectivity index (χ0v) is 22.1. The van der Waals surface area contributed by atoms with Crippen molar-refractivity contribution < 1.29 is 9.59 Å². The van der Waals surface area contributed by atoms with E-state index < -0.39 is 0 Å². The molecule has 0 aromatic carbocycles. The van der Waals surface area contributed by atoms with E-state index in [9.17, 15) is 9.59 Å². The van der Waals surface area contributed by atoms with Gasteiger partial charge in [-0.25, -0.2) is 0 Å². The van der Waals surface area contributed by atoms with Crippen molar-refractivity contribution in [2.24, 2.45) is 56.7 Å². The van der Waals surface area contributed by atoms with Gasteiger partial charge in [0, 0.05) is 10.8 Å². The largest absolute Gasteiger partial charge is 0.303 e. The van der Waals surface area contributed by atoms with Gasteiger partial charge in [0.15, 0.2) is 5.78 Å². The quantitative estimate of drug-likeness (QED) is 0.247. The Morgan fingerprint density at radius 2 is 1.61 bits per heavy atom. The first-order valence-electron chi connectivity index (χ1n) is 13.6. The van der Waals surface area contributed by atoms with Gasteiger partial charge in [0.25, 0.3) is 0 Å². The van der Waals surface area contributed by atoms with Crippen LogP contribution in [0.2, 0.25) is 0 Å². The van der Waals surface area contributed by atoms with E-state index >= 15 is 0 Å². The highest BCUT2D eigenvalue weighted by Crippen LogP contribution is 2.77. The highest BCUT2D eigenvalue weighted by atomic mass is 16.1. The number of aldehydes is 1. The fourth-order valence-electron chi connectivity index (χ4n) is 11.4. The van der Waals surface area contributed by atoms with E-state index in [1.807, 2.05) is 0 Å². The van der Waals surface area contributed by atoms with Gasteiger partial charge in [-0.2, -0.15) is 0 Å². The Bertz CT molecular complexity index is 927. The van der Waals surface area contributed by atoms with Crippen LogP contribution in [0.3, 0.4) is 0 Å². The van der Waals surface area contributed by atoms with Crippen molar-refractivity contribution >= 4 is 12.1 Å². The molecule has 0 N–H and O–H groups in total. The standard InChI is InChI=1S/C31H46O2/c1-19(2)21-11-14-31(18-32)16-15-29(7)22(25(21)31)9-10-24-28(6)17-20(3)26(33)27(4,5)23(28)12-13-30(24,29)8/h18,21-25H,1,3,9-17H2,2,4-8H3/t21-,22+,23-,24+,25+,28-,29+,30+,31+/m0/s1. The molecule has 5 aliphatic rings. The van der Waals surface area contributed by atoms with Crippen molar-refractivity contribution in [3.8, 4) is 0 Å². The number of allylic oxidation sites excluding steroid dienone is 2. The highest BCUT2D eigenvalue weighted by Gasteiger charge is 2.71. The molecule has 5 rings (SSSR count). The van der Waals surface area contributed by atoms with E-state index in [-0.39, 0.29) is 27.1 Å². The molecule has 0 aromatic rings. The average Bonchev–Trinajstić information content (AvgIpc) is 3.13. The molecule has 9 atom stereocenters. The van der Waals surface area contributed by atoms with E-state index in [4.69, 9.17) is 0 Å². The third kappa shape index (κ3) is 2.68. The molecule has 5 saturated carbocycles. The maximum Gasteiger partial charge on any atom is 0.164 e. The van der Waals surface area contributed by atoms with Crippen LogP contribution in [0, 0.1) is 56.7 Å². The van der Waals surface area contributed by atoms with Crippen LogP contribution in [-0.4, -0.2) is 12.1 Å². The molecule has 0 aliphatic heterocycles. The second kappa shape index (κ2) is 6.94. The van der Waals surface area contributed by atoms with Crippen LogP contribution >= 0.6 is 0 Å². The van der Waals surface area contributed by atoms with Gasteiger partial charge in [0.1, 0.15) is 6.29 Å². The normalized spacial score (nSPS) is 52.8. The third-order valence-corrected chi connectivity index (χ3v) is 13.0. The minimum Gasteiger partial charge on any atom is -0.303 e. The molecule has 0 bridgehead atoms. The summed E-state index contributed by atoms with van der Waals surface area (Å²) in [5.41, 5.74) is 2.35. The fourth-order valence-corrected chi connectivity index (χ4v) is 11.4. The summed E-state index contributed by atoms with van der Waals surface area (Å²) < 4.78 is 0. The first kappa shape index (κ1) is 23.6. The van der Waals surface area contributed by atoms with Gasteiger partial charge in [-0.15, -0.1) is 0 Å². The molecular weight excluding hydrogens is 404 g/mol. The van der Waals surface area contributed by atoms with Gasteiger partial charge in [-0.1, -0.05) is 53.3 Å². The summed E-state index contributed by atoms with van der Waals surface area (Å²) in [5.74, 6) is 2.92. The fraction of sp³-hybridized carbons (Fsp3) is 0.806. The van der Waals surface area contributed by atoms with Gasteiger partial charge in [0.2, 0.25) is 0 Å². The Kier molecular flexibility index (Phi) is 4.96. The number of rotatable bonds is 2. The Labute approximate surface area is 202 Å². The maximum absolute atomic E-state index is 13.1. The number of carbonyl (C=O) groups excluding carboxylic acids is 2. The van der Waals surface area contributed by atoms with Crippen molar-refractivity contribution in [2.45, 2.75) is 99.3 Å². The summed E-state index contributed by atoms with van der Waals surface area (Å²) in [6.07, 6.45) is 11.5. The molecular formula is C31H46O2. The Morgan fingerprint density at radius 3 is 2.24 bits per heavy atom. The second-order valence-electron chi connectivity index (χ2n) is 14.4. The van der Waals surface area contributed by atoms with Gasteiger partial charge in [0.05, 0.1) is 0 Å². The number of hydrogen-bond acceptors (Lipinski definition) is 2. The maximum atomic E-state index is 13.1. The summed E-state index contributed by atoms with van der Waals surface area (Å²) in [5, 5.41) is 0. The lowest BCUT2D eigenvalue weighted by Crippen LogP contribution is -2.66. The SMILES string of the molecule is C=C1C[C@]2(C)[C@H]3CC[C@@H]4[C@H]5[C@H](C(=C)C)CC[C@]5(C=O)CC[C@@]4(C)[C@]3(C)CC[C@H]2C(C)(C)C1=O. The summed E-state index contributed by atoms with van der Waals surface area (Å²) in [6, 6.07) is 0. The molecule has 2 nitrogen and oxygen atoms in total. The molecule has 182 valence electrons. The Balaban J connectivity index is 1.58. The summed E-state index contributed by atoms with van der Waals surface area (Å²) in [7, 11) is 0. The molecule has 0 amide bonds. The van der Waals surface area contributed by atoms with Crippen LogP contribution in [0.15, 0.2) is 24.3 Å². The van der Waals surface area contributed by atoms with E-state index in [0.29, 0.717) is 35.4 Å². The highest BCUT2D eigenvalue weighted by molar-refractivity contribution is 6.00. The minimum atomic E-state index is -0.307. The number of ketones is 1. The van der Waals surface area contributed by atoms with Crippen LogP contribution in [0.25, 0.3) is 0 Å². The first-order valence-corrected chi connectivity index (χ1v) is 13.6. The van der Waals surface area contributed by atoms with E-state index in [1.54, 1.807) is 0 Å². The lowest BCUT2D eigenvalue weighted by Gasteiger charge is -2.72. The Morgan fingerprint density at radius 1 is 0.909 bits per heavy atom. The van der Waals surface area contributed by atoms with Crippen LogP contribution in [-0.2, 0) is 9.59 Å². The van der Waals surface area contributed by atoms with Crippen LogP contribution < -0.4 is 0 Å². The van der Waals surface area contributed by atoms with Crippen LogP contribution in [0.5, 0.6) is 0 Å². The van der Waals surface area contributed by atoms with Crippen molar-refractivity contribution in [1.29, 1.82) is 0 Å². The minimum absolute atomic E-state index is 0.119. The molecule has 0 saturated heterocycles. The average molecular weight is 451 g/mol. The van der Waals surface area contributed by atoms with E-state index in [2.05, 4.69) is 54.7 Å². The van der Waals surface area contributed by atoms with Crippen LogP contribution in [0.4, 0.5) is 0 Å². The lowest BCUT2D eigenvalue weighted by atomic mass is 9.32. The summed E-state index contributed by atoms with van der Waals surface area (Å²) in [6.45, 7) is 23.0. The second-order valence-corrected chi connectivity index (χ2v) is 14.4. The molecule has 5 aliphatic carbocycles. The van der Waals surface area contributed by atoms with Gasteiger partial charge >= 0.3 is 0 Å². The monoisotopic (exact) mass is 450 g/mol. The predicted molar refractivity (Wildman–Crippen MR) is 135 cm³/mol. The molecule has 0 heterocycles. The van der Waals surface area contributed by atoms with E-state index in [0.717, 1.165) is 37.7 Å².